The van der Waals surface area contributed by atoms with Gasteiger partial charge in [-0.25, -0.2) is 19.0 Å². The second-order valence-electron chi connectivity index (χ2n) is 3.18. The van der Waals surface area contributed by atoms with Gasteiger partial charge in [-0.3, -0.25) is 0 Å². The molecule has 86 valence electrons. The van der Waals surface area contributed by atoms with Gasteiger partial charge in [-0.15, -0.1) is 0 Å². The summed E-state index contributed by atoms with van der Waals surface area (Å²) in [5, 5.41) is 8.48. The monoisotopic (exact) mass is 235 g/mol. The number of halogens is 1. The maximum absolute atomic E-state index is 12.7. The summed E-state index contributed by atoms with van der Waals surface area (Å²) in [5.74, 6) is -2.60. The number of esters is 1. The molecule has 0 radical (unpaired) electrons. The van der Waals surface area contributed by atoms with Crippen molar-refractivity contribution in [3.63, 3.8) is 0 Å². The largest absolute Gasteiger partial charge is 0.478 e. The Balaban J connectivity index is 2.33. The zero-order valence-electron chi connectivity index (χ0n) is 8.38. The van der Waals surface area contributed by atoms with E-state index >= 15 is 0 Å². The number of ether oxygens (including phenoxy) is 1. The van der Waals surface area contributed by atoms with Crippen LogP contribution in [0.15, 0.2) is 41.0 Å². The van der Waals surface area contributed by atoms with Gasteiger partial charge in [0, 0.05) is 5.56 Å². The van der Waals surface area contributed by atoms with E-state index < -0.39 is 17.8 Å². The molecular weight excluding hydrogens is 229 g/mol. The van der Waals surface area contributed by atoms with Gasteiger partial charge >= 0.3 is 11.9 Å². The van der Waals surface area contributed by atoms with E-state index in [2.05, 4.69) is 4.99 Å². The Labute approximate surface area is 94.9 Å². The number of carboxylic acids is 1. The molecule has 0 saturated heterocycles. The van der Waals surface area contributed by atoms with Crippen LogP contribution >= 0.6 is 0 Å². The van der Waals surface area contributed by atoms with E-state index in [4.69, 9.17) is 9.84 Å². The summed E-state index contributed by atoms with van der Waals surface area (Å²) in [6, 6.07) is 5.13. The minimum absolute atomic E-state index is 0.0394. The van der Waals surface area contributed by atoms with Gasteiger partial charge in [0.2, 0.25) is 5.90 Å². The number of hydrogen-bond donors (Lipinski definition) is 1. The molecular formula is C11H6FNO4. The number of aliphatic carboxylic acids is 1. The van der Waals surface area contributed by atoms with E-state index in [-0.39, 0.29) is 11.6 Å². The smallest absolute Gasteiger partial charge is 0.364 e. The molecule has 1 aliphatic heterocycles. The number of carbonyl (C=O) groups excluding carboxylic acids is 1. The average Bonchev–Trinajstić information content (AvgIpc) is 2.60. The Morgan fingerprint density at radius 2 is 2.00 bits per heavy atom. The quantitative estimate of drug-likeness (QED) is 0.615. The van der Waals surface area contributed by atoms with Gasteiger partial charge in [-0.2, -0.15) is 0 Å². The van der Waals surface area contributed by atoms with Gasteiger partial charge in [0.05, 0.1) is 6.08 Å². The zero-order valence-corrected chi connectivity index (χ0v) is 8.38. The predicted octanol–water partition coefficient (Wildman–Crippen LogP) is 1.10. The molecule has 0 spiro atoms. The lowest BCUT2D eigenvalue weighted by atomic mass is 10.2. The molecule has 0 unspecified atom stereocenters. The molecule has 1 aromatic carbocycles. The van der Waals surface area contributed by atoms with Crippen molar-refractivity contribution in [1.29, 1.82) is 0 Å². The molecule has 0 bridgehead atoms. The molecule has 1 aliphatic rings. The number of carboxylic acid groups (broad SMARTS) is 1. The molecule has 1 heterocycles. The predicted molar refractivity (Wildman–Crippen MR) is 54.7 cm³/mol. The van der Waals surface area contributed by atoms with E-state index in [1.807, 2.05) is 0 Å². The van der Waals surface area contributed by atoms with Crippen molar-refractivity contribution in [2.45, 2.75) is 0 Å². The lowest BCUT2D eigenvalue weighted by molar-refractivity contribution is -0.133. The molecule has 1 N–H and O–H groups in total. The van der Waals surface area contributed by atoms with Crippen LogP contribution in [-0.4, -0.2) is 22.9 Å². The summed E-state index contributed by atoms with van der Waals surface area (Å²) in [6.07, 6.45) is 0.652. The number of cyclic esters (lactones) is 1. The minimum atomic E-state index is -1.29. The molecule has 0 saturated carbocycles. The van der Waals surface area contributed by atoms with Crippen LogP contribution in [-0.2, 0) is 14.3 Å². The normalized spacial score (nSPS) is 16.9. The standard InChI is InChI=1S/C11H6FNO4/c12-7-3-1-6(2-4-7)10-13-8(5-9(14)15)11(16)17-10/h1-5H,(H,14,15)/b8-5+. The lowest BCUT2D eigenvalue weighted by Crippen LogP contribution is -2.05. The molecule has 0 aliphatic carbocycles. The van der Waals surface area contributed by atoms with E-state index in [0.717, 1.165) is 0 Å². The van der Waals surface area contributed by atoms with E-state index in [1.54, 1.807) is 0 Å². The number of benzene rings is 1. The Hall–Kier alpha value is -2.50. The second-order valence-corrected chi connectivity index (χ2v) is 3.18. The molecule has 0 aromatic heterocycles. The Morgan fingerprint density at radius 3 is 2.59 bits per heavy atom. The van der Waals surface area contributed by atoms with Crippen LogP contribution in [0.3, 0.4) is 0 Å². The average molecular weight is 235 g/mol. The van der Waals surface area contributed by atoms with Gasteiger partial charge in [0.1, 0.15) is 5.82 Å². The minimum Gasteiger partial charge on any atom is -0.478 e. The number of rotatable bonds is 2. The summed E-state index contributed by atoms with van der Waals surface area (Å²) in [7, 11) is 0. The highest BCUT2D eigenvalue weighted by Crippen LogP contribution is 2.16. The molecule has 0 amide bonds. The fourth-order valence-corrected chi connectivity index (χ4v) is 1.24. The number of nitrogens with zero attached hydrogens (tertiary/aromatic N) is 1. The molecule has 5 nitrogen and oxygen atoms in total. The van der Waals surface area contributed by atoms with Gasteiger partial charge in [0.15, 0.2) is 5.70 Å². The van der Waals surface area contributed by atoms with Crippen molar-refractivity contribution in [3.8, 4) is 0 Å². The van der Waals surface area contributed by atoms with Gasteiger partial charge < -0.3 is 9.84 Å². The number of aliphatic imine (C=N–C) groups is 1. The highest BCUT2D eigenvalue weighted by atomic mass is 19.1. The Bertz CT molecular complexity index is 545. The Morgan fingerprint density at radius 1 is 1.35 bits per heavy atom. The third kappa shape index (κ3) is 2.36. The highest BCUT2D eigenvalue weighted by molar-refractivity contribution is 6.12. The van der Waals surface area contributed by atoms with Gasteiger partial charge in [-0.05, 0) is 24.3 Å². The van der Waals surface area contributed by atoms with E-state index in [0.29, 0.717) is 11.6 Å². The molecule has 0 fully saturated rings. The van der Waals surface area contributed by atoms with Crippen molar-refractivity contribution in [1.82, 2.24) is 0 Å². The van der Waals surface area contributed by atoms with Crippen LogP contribution in [0.2, 0.25) is 0 Å². The third-order valence-corrected chi connectivity index (χ3v) is 1.97. The summed E-state index contributed by atoms with van der Waals surface area (Å²) in [6.45, 7) is 0. The Kier molecular flexibility index (Phi) is 2.70. The van der Waals surface area contributed by atoms with Crippen LogP contribution in [0.5, 0.6) is 0 Å². The van der Waals surface area contributed by atoms with Gasteiger partial charge in [0.25, 0.3) is 0 Å². The van der Waals surface area contributed by atoms with E-state index in [1.165, 1.54) is 24.3 Å². The topological polar surface area (TPSA) is 76.0 Å². The first-order valence-electron chi connectivity index (χ1n) is 4.58. The van der Waals surface area contributed by atoms with Crippen molar-refractivity contribution in [2.75, 3.05) is 0 Å². The SMILES string of the molecule is O=C(O)/C=C1/N=C(c2ccc(F)cc2)OC1=O. The summed E-state index contributed by atoms with van der Waals surface area (Å²) >= 11 is 0. The summed E-state index contributed by atoms with van der Waals surface area (Å²) in [4.78, 5) is 25.3. The first-order chi connectivity index (χ1) is 8.06. The number of carbonyl (C=O) groups is 2. The van der Waals surface area contributed by atoms with Crippen molar-refractivity contribution < 1.29 is 23.8 Å². The number of hydrogen-bond acceptors (Lipinski definition) is 4. The highest BCUT2D eigenvalue weighted by Gasteiger charge is 2.24. The van der Waals surface area contributed by atoms with Crippen LogP contribution in [0.4, 0.5) is 4.39 Å². The van der Waals surface area contributed by atoms with Gasteiger partial charge in [-0.1, -0.05) is 0 Å². The fourth-order valence-electron chi connectivity index (χ4n) is 1.24. The van der Waals surface area contributed by atoms with Crippen molar-refractivity contribution in [2.24, 2.45) is 4.99 Å². The fraction of sp³-hybridized carbons (Fsp3) is 0. The first-order valence-corrected chi connectivity index (χ1v) is 4.58. The summed E-state index contributed by atoms with van der Waals surface area (Å²) in [5.41, 5.74) is 0.102. The second kappa shape index (κ2) is 4.17. The van der Waals surface area contributed by atoms with E-state index in [9.17, 15) is 14.0 Å². The van der Waals surface area contributed by atoms with Crippen LogP contribution in [0.1, 0.15) is 5.56 Å². The zero-order chi connectivity index (χ0) is 12.4. The van der Waals surface area contributed by atoms with Crippen LogP contribution in [0, 0.1) is 5.82 Å². The molecule has 6 heteroatoms. The maximum Gasteiger partial charge on any atom is 0.364 e. The molecule has 17 heavy (non-hydrogen) atoms. The first kappa shape index (κ1) is 11.0. The molecule has 1 aromatic rings. The molecule has 2 rings (SSSR count). The lowest BCUT2D eigenvalue weighted by Gasteiger charge is -1.98. The molecule has 0 atom stereocenters. The van der Waals surface area contributed by atoms with Crippen LogP contribution < -0.4 is 0 Å². The van der Waals surface area contributed by atoms with Crippen molar-refractivity contribution >= 4 is 17.8 Å². The third-order valence-electron chi connectivity index (χ3n) is 1.97. The van der Waals surface area contributed by atoms with Crippen molar-refractivity contribution in [3.05, 3.63) is 47.4 Å². The van der Waals surface area contributed by atoms with Crippen LogP contribution in [0.25, 0.3) is 0 Å². The summed E-state index contributed by atoms with van der Waals surface area (Å²) < 4.78 is 17.4. The maximum atomic E-state index is 12.7.